The monoisotopic (exact) mass is 562 g/mol. The maximum absolute atomic E-state index is 13.9. The number of hydrogen-bond acceptors (Lipinski definition) is 5. The van der Waals surface area contributed by atoms with Crippen molar-refractivity contribution < 1.29 is 33.3 Å². The minimum Gasteiger partial charge on any atom is -0.465 e. The van der Waals surface area contributed by atoms with Crippen LogP contribution in [0.2, 0.25) is 0 Å². The van der Waals surface area contributed by atoms with E-state index in [1.807, 2.05) is 61.5 Å². The van der Waals surface area contributed by atoms with Gasteiger partial charge in [-0.3, -0.25) is 4.79 Å². The molecule has 0 saturated carbocycles. The predicted molar refractivity (Wildman–Crippen MR) is 150 cm³/mol. The van der Waals surface area contributed by atoms with E-state index in [0.717, 1.165) is 22.3 Å². The molecule has 0 spiro atoms. The molecule has 3 aromatic carbocycles. The van der Waals surface area contributed by atoms with Gasteiger partial charge in [-0.1, -0.05) is 66.7 Å². The van der Waals surface area contributed by atoms with E-state index in [2.05, 4.69) is 5.32 Å². The van der Waals surface area contributed by atoms with E-state index in [9.17, 15) is 19.1 Å². The second-order valence-corrected chi connectivity index (χ2v) is 10.5. The average Bonchev–Trinajstić information content (AvgIpc) is 2.98. The van der Waals surface area contributed by atoms with Crippen molar-refractivity contribution in [2.75, 3.05) is 19.8 Å². The molecule has 2 amide bonds. The van der Waals surface area contributed by atoms with Crippen molar-refractivity contribution >= 4 is 12.0 Å². The molecule has 2 aliphatic heterocycles. The van der Waals surface area contributed by atoms with Crippen LogP contribution >= 0.6 is 0 Å². The van der Waals surface area contributed by atoms with E-state index < -0.39 is 30.4 Å². The van der Waals surface area contributed by atoms with Gasteiger partial charge >= 0.3 is 6.09 Å². The zero-order chi connectivity index (χ0) is 28.8. The van der Waals surface area contributed by atoms with Gasteiger partial charge in [0.15, 0.2) is 0 Å². The molecule has 216 valence electrons. The summed E-state index contributed by atoms with van der Waals surface area (Å²) in [5.74, 6) is -0.580. The lowest BCUT2D eigenvalue weighted by Gasteiger charge is -2.42. The van der Waals surface area contributed by atoms with Crippen LogP contribution in [0.1, 0.15) is 41.6 Å². The lowest BCUT2D eigenvalue weighted by atomic mass is 9.87. The Hall–Kier alpha value is -3.79. The number of benzene rings is 3. The second kappa shape index (κ2) is 13.2. The summed E-state index contributed by atoms with van der Waals surface area (Å²) in [5, 5.41) is 12.1. The predicted octanol–water partition coefficient (Wildman–Crippen LogP) is 4.72. The maximum atomic E-state index is 13.9. The molecular formula is C32H35FN2O6. The van der Waals surface area contributed by atoms with Gasteiger partial charge in [-0.2, -0.15) is 0 Å². The van der Waals surface area contributed by atoms with E-state index in [4.69, 9.17) is 14.2 Å². The van der Waals surface area contributed by atoms with Crippen molar-refractivity contribution in [1.29, 1.82) is 0 Å². The number of halogens is 1. The molecule has 0 aromatic heterocycles. The van der Waals surface area contributed by atoms with Crippen LogP contribution in [0, 0.1) is 5.82 Å². The van der Waals surface area contributed by atoms with Gasteiger partial charge in [0.25, 0.3) is 5.91 Å². The summed E-state index contributed by atoms with van der Waals surface area (Å²) in [6.07, 6.45) is -2.15. The highest BCUT2D eigenvalue weighted by Crippen LogP contribution is 2.36. The summed E-state index contributed by atoms with van der Waals surface area (Å²) in [6, 6.07) is 22.9. The summed E-state index contributed by atoms with van der Waals surface area (Å²) in [5.41, 5.74) is 3.97. The Morgan fingerprint density at radius 1 is 1.07 bits per heavy atom. The van der Waals surface area contributed by atoms with Crippen molar-refractivity contribution in [2.45, 2.75) is 56.8 Å². The summed E-state index contributed by atoms with van der Waals surface area (Å²) >= 11 is 0. The van der Waals surface area contributed by atoms with Crippen molar-refractivity contribution in [3.8, 4) is 0 Å². The Bertz CT molecular complexity index is 1320. The lowest BCUT2D eigenvalue weighted by Crippen LogP contribution is -2.57. The number of carbonyl (C=O) groups excluding carboxylic acids is 1. The zero-order valence-corrected chi connectivity index (χ0v) is 22.9. The molecule has 5 rings (SSSR count). The van der Waals surface area contributed by atoms with Gasteiger partial charge in [0.2, 0.25) is 0 Å². The number of hydrogen-bond donors (Lipinski definition) is 2. The van der Waals surface area contributed by atoms with E-state index >= 15 is 0 Å². The first-order valence-corrected chi connectivity index (χ1v) is 13.9. The normalized spacial score (nSPS) is 22.9. The molecule has 0 bridgehead atoms. The first-order valence-electron chi connectivity index (χ1n) is 13.9. The molecule has 2 aliphatic rings. The largest absolute Gasteiger partial charge is 0.465 e. The minimum absolute atomic E-state index is 0.0516. The molecule has 0 unspecified atom stereocenters. The van der Waals surface area contributed by atoms with Crippen molar-refractivity contribution in [3.05, 3.63) is 107 Å². The molecule has 9 heteroatoms. The Balaban J connectivity index is 1.26. The average molecular weight is 563 g/mol. The summed E-state index contributed by atoms with van der Waals surface area (Å²) in [6.45, 7) is 3.14. The minimum atomic E-state index is -1.19. The first kappa shape index (κ1) is 28.7. The number of carbonyl (C=O) groups is 2. The third-order valence-electron chi connectivity index (χ3n) is 7.59. The highest BCUT2D eigenvalue weighted by Gasteiger charge is 2.41. The zero-order valence-electron chi connectivity index (χ0n) is 22.9. The Labute approximate surface area is 239 Å². The molecule has 41 heavy (non-hydrogen) atoms. The fourth-order valence-corrected chi connectivity index (χ4v) is 5.64. The van der Waals surface area contributed by atoms with Crippen LogP contribution in [-0.4, -0.2) is 66.1 Å². The van der Waals surface area contributed by atoms with Crippen LogP contribution < -0.4 is 5.32 Å². The van der Waals surface area contributed by atoms with Gasteiger partial charge in [0.1, 0.15) is 18.0 Å². The molecule has 1 saturated heterocycles. The number of carboxylic acid groups (broad SMARTS) is 1. The molecule has 8 nitrogen and oxygen atoms in total. The van der Waals surface area contributed by atoms with Gasteiger partial charge in [-0.25, -0.2) is 9.18 Å². The number of nitrogens with one attached hydrogen (secondary N) is 1. The topological polar surface area (TPSA) is 97.3 Å². The molecule has 2 N–H and O–H groups in total. The number of ether oxygens (including phenoxy) is 3. The van der Waals surface area contributed by atoms with Crippen molar-refractivity contribution in [3.63, 3.8) is 0 Å². The summed E-state index contributed by atoms with van der Waals surface area (Å²) in [4.78, 5) is 27.4. The summed E-state index contributed by atoms with van der Waals surface area (Å²) < 4.78 is 31.7. The van der Waals surface area contributed by atoms with Crippen LogP contribution in [0.4, 0.5) is 9.18 Å². The number of nitrogens with zero attached hydrogens (tertiary/aromatic N) is 1. The highest BCUT2D eigenvalue weighted by molar-refractivity contribution is 5.82. The van der Waals surface area contributed by atoms with Crippen LogP contribution in [0.3, 0.4) is 0 Å². The molecule has 1 fully saturated rings. The fourth-order valence-electron chi connectivity index (χ4n) is 5.64. The molecule has 3 aromatic rings. The summed E-state index contributed by atoms with van der Waals surface area (Å²) in [7, 11) is 0. The Morgan fingerprint density at radius 2 is 1.80 bits per heavy atom. The van der Waals surface area contributed by atoms with E-state index in [1.165, 1.54) is 12.1 Å². The number of rotatable bonds is 9. The Morgan fingerprint density at radius 3 is 2.56 bits per heavy atom. The molecular weight excluding hydrogens is 527 g/mol. The van der Waals surface area contributed by atoms with Gasteiger partial charge < -0.3 is 29.5 Å². The smallest absolute Gasteiger partial charge is 0.404 e. The van der Waals surface area contributed by atoms with Crippen LogP contribution in [0.5, 0.6) is 0 Å². The fraction of sp³-hybridized carbons (Fsp3) is 0.375. The maximum Gasteiger partial charge on any atom is 0.404 e. The SMILES string of the molecule is C[C@H](COCc1ccccc1)O[C@H]1CO[C@@H](C(=O)N2CCc3ccccc3[C@@H]2c2ccc(F)cc2)C[C@@H]1NC(=O)O. The van der Waals surface area contributed by atoms with Crippen LogP contribution in [-0.2, 0) is 32.0 Å². The van der Waals surface area contributed by atoms with Crippen molar-refractivity contribution in [1.82, 2.24) is 10.2 Å². The number of amides is 2. The third kappa shape index (κ3) is 7.11. The Kier molecular flexibility index (Phi) is 9.28. The van der Waals surface area contributed by atoms with Gasteiger partial charge in [0.05, 0.1) is 38.0 Å². The molecule has 0 radical (unpaired) electrons. The first-order chi connectivity index (χ1) is 19.9. The highest BCUT2D eigenvalue weighted by atomic mass is 19.1. The number of fused-ring (bicyclic) bond motifs is 1. The molecule has 5 atom stereocenters. The quantitative estimate of drug-likeness (QED) is 0.392. The van der Waals surface area contributed by atoms with Crippen molar-refractivity contribution in [2.24, 2.45) is 0 Å². The second-order valence-electron chi connectivity index (χ2n) is 10.5. The third-order valence-corrected chi connectivity index (χ3v) is 7.59. The van der Waals surface area contributed by atoms with Crippen LogP contribution in [0.15, 0.2) is 78.9 Å². The van der Waals surface area contributed by atoms with Crippen LogP contribution in [0.25, 0.3) is 0 Å². The van der Waals surface area contributed by atoms with E-state index in [0.29, 0.717) is 26.2 Å². The van der Waals surface area contributed by atoms with Gasteiger partial charge in [-0.05, 0) is 47.7 Å². The lowest BCUT2D eigenvalue weighted by molar-refractivity contribution is -0.165. The molecule has 2 heterocycles. The van der Waals surface area contributed by atoms with E-state index in [1.54, 1.807) is 17.0 Å². The standard InChI is InChI=1S/C32H35FN2O6/c1-21(18-39-19-22-7-3-2-4-8-22)41-29-20-40-28(17-27(29)34-32(37)38)31(36)35-16-15-23-9-5-6-10-26(23)30(35)24-11-13-25(33)14-12-24/h2-14,21,27-30,34H,15-20H2,1H3,(H,37,38)/t21-,27+,28-,29+,30+/m1/s1. The van der Waals surface area contributed by atoms with Gasteiger partial charge in [0, 0.05) is 13.0 Å². The van der Waals surface area contributed by atoms with Gasteiger partial charge in [-0.15, -0.1) is 0 Å². The molecule has 0 aliphatic carbocycles. The van der Waals surface area contributed by atoms with E-state index in [-0.39, 0.29) is 30.9 Å².